The van der Waals surface area contributed by atoms with Crippen LogP contribution in [0.5, 0.6) is 0 Å². The van der Waals surface area contributed by atoms with E-state index in [0.717, 1.165) is 5.56 Å². The molecule has 1 aromatic rings. The molecule has 0 radical (unpaired) electrons. The number of ether oxygens (including phenoxy) is 1. The number of nitrogens with one attached hydrogen (secondary N) is 2. The molecular weight excluding hydrogens is 218 g/mol. The molecule has 0 unspecified atom stereocenters. The van der Waals surface area contributed by atoms with Crippen LogP contribution in [0.1, 0.15) is 18.5 Å². The van der Waals surface area contributed by atoms with E-state index in [4.69, 9.17) is 4.74 Å². The Kier molecular flexibility index (Phi) is 6.21. The Balaban J connectivity index is 2.26. The number of carbonyl (C=O) groups is 1. The van der Waals surface area contributed by atoms with E-state index in [9.17, 15) is 4.79 Å². The third-order valence-corrected chi connectivity index (χ3v) is 2.33. The number of hydrogen-bond acceptors (Lipinski definition) is 4. The smallest absolute Gasteiger partial charge is 0.234 e. The minimum Gasteiger partial charge on any atom is -0.383 e. The fourth-order valence-corrected chi connectivity index (χ4v) is 1.38. The molecule has 1 rings (SSSR count). The maximum Gasteiger partial charge on any atom is 0.234 e. The predicted octanol–water partition coefficient (Wildman–Crippen LogP) is 0.495. The number of amides is 1. The van der Waals surface area contributed by atoms with E-state index in [-0.39, 0.29) is 11.9 Å². The van der Waals surface area contributed by atoms with Gasteiger partial charge in [-0.25, -0.2) is 0 Å². The van der Waals surface area contributed by atoms with Gasteiger partial charge in [0.1, 0.15) is 0 Å². The van der Waals surface area contributed by atoms with Crippen molar-refractivity contribution in [1.29, 1.82) is 0 Å². The fourth-order valence-electron chi connectivity index (χ4n) is 1.38. The van der Waals surface area contributed by atoms with Crippen molar-refractivity contribution < 1.29 is 9.53 Å². The van der Waals surface area contributed by atoms with Gasteiger partial charge in [-0.2, -0.15) is 0 Å². The molecule has 0 saturated carbocycles. The third-order valence-electron chi connectivity index (χ3n) is 2.33. The maximum absolute atomic E-state index is 11.6. The summed E-state index contributed by atoms with van der Waals surface area (Å²) in [5.41, 5.74) is 0.998. The number of pyridine rings is 1. The van der Waals surface area contributed by atoms with E-state index < -0.39 is 0 Å². The average molecular weight is 237 g/mol. The van der Waals surface area contributed by atoms with Gasteiger partial charge >= 0.3 is 0 Å². The van der Waals surface area contributed by atoms with Crippen LogP contribution in [0.25, 0.3) is 0 Å². The molecule has 5 heteroatoms. The van der Waals surface area contributed by atoms with Crippen LogP contribution < -0.4 is 10.6 Å². The summed E-state index contributed by atoms with van der Waals surface area (Å²) in [4.78, 5) is 15.6. The number of hydrogen-bond donors (Lipinski definition) is 2. The average Bonchev–Trinajstić information content (AvgIpc) is 2.36. The number of nitrogens with zero attached hydrogens (tertiary/aromatic N) is 1. The Bertz CT molecular complexity index is 330. The first kappa shape index (κ1) is 13.6. The van der Waals surface area contributed by atoms with Crippen LogP contribution in [-0.2, 0) is 9.53 Å². The summed E-state index contributed by atoms with van der Waals surface area (Å²) in [6, 6.07) is 3.77. The van der Waals surface area contributed by atoms with Crippen molar-refractivity contribution in [3.63, 3.8) is 0 Å². The van der Waals surface area contributed by atoms with Gasteiger partial charge in [0.15, 0.2) is 0 Å². The number of methoxy groups -OCH3 is 1. The maximum atomic E-state index is 11.6. The predicted molar refractivity (Wildman–Crippen MR) is 65.5 cm³/mol. The Morgan fingerprint density at radius 2 is 2.41 bits per heavy atom. The summed E-state index contributed by atoms with van der Waals surface area (Å²) in [6.07, 6.45) is 3.47. The number of rotatable bonds is 7. The second-order valence-corrected chi connectivity index (χ2v) is 3.75. The zero-order chi connectivity index (χ0) is 12.5. The van der Waals surface area contributed by atoms with Gasteiger partial charge in [-0.05, 0) is 18.6 Å². The molecule has 17 heavy (non-hydrogen) atoms. The topological polar surface area (TPSA) is 63.2 Å². The Labute approximate surface area is 102 Å². The fraction of sp³-hybridized carbons (Fsp3) is 0.500. The quantitative estimate of drug-likeness (QED) is 0.678. The van der Waals surface area contributed by atoms with E-state index in [1.165, 1.54) is 0 Å². The second kappa shape index (κ2) is 7.76. The van der Waals surface area contributed by atoms with Crippen molar-refractivity contribution in [3.05, 3.63) is 30.1 Å². The summed E-state index contributed by atoms with van der Waals surface area (Å²) >= 11 is 0. The van der Waals surface area contributed by atoms with Crippen LogP contribution in [0, 0.1) is 0 Å². The van der Waals surface area contributed by atoms with Gasteiger partial charge in [-0.1, -0.05) is 6.07 Å². The zero-order valence-electron chi connectivity index (χ0n) is 10.3. The minimum absolute atomic E-state index is 0.0274. The first-order chi connectivity index (χ1) is 8.24. The monoisotopic (exact) mass is 237 g/mol. The molecule has 0 bridgehead atoms. The lowest BCUT2D eigenvalue weighted by Crippen LogP contribution is -2.36. The van der Waals surface area contributed by atoms with Crippen LogP contribution in [0.4, 0.5) is 0 Å². The molecule has 0 aliphatic heterocycles. The lowest BCUT2D eigenvalue weighted by atomic mass is 10.1. The van der Waals surface area contributed by atoms with Gasteiger partial charge in [-0.3, -0.25) is 9.78 Å². The molecule has 0 aliphatic carbocycles. The highest BCUT2D eigenvalue weighted by Gasteiger charge is 2.08. The van der Waals surface area contributed by atoms with E-state index in [2.05, 4.69) is 15.6 Å². The van der Waals surface area contributed by atoms with Gasteiger partial charge in [0, 0.05) is 26.0 Å². The third kappa shape index (κ3) is 5.42. The summed E-state index contributed by atoms with van der Waals surface area (Å²) in [6.45, 7) is 3.51. The molecule has 0 fully saturated rings. The van der Waals surface area contributed by atoms with Crippen LogP contribution in [0.15, 0.2) is 24.5 Å². The molecule has 94 valence electrons. The molecule has 1 heterocycles. The SMILES string of the molecule is COCCNCC(=O)N[C@H](C)c1cccnc1. The van der Waals surface area contributed by atoms with Crippen molar-refractivity contribution in [2.75, 3.05) is 26.8 Å². The Morgan fingerprint density at radius 1 is 1.59 bits per heavy atom. The standard InChI is InChI=1S/C12H19N3O2/c1-10(11-4-3-5-13-8-11)15-12(16)9-14-6-7-17-2/h3-5,8,10,14H,6-7,9H2,1-2H3,(H,15,16)/t10-/m1/s1. The molecule has 0 aromatic carbocycles. The number of carbonyl (C=O) groups excluding carboxylic acids is 1. The second-order valence-electron chi connectivity index (χ2n) is 3.75. The largest absolute Gasteiger partial charge is 0.383 e. The van der Waals surface area contributed by atoms with Crippen LogP contribution >= 0.6 is 0 Å². The molecule has 1 atom stereocenters. The van der Waals surface area contributed by atoms with Crippen molar-refractivity contribution in [3.8, 4) is 0 Å². The van der Waals surface area contributed by atoms with Crippen LogP contribution in [0.2, 0.25) is 0 Å². The van der Waals surface area contributed by atoms with Gasteiger partial charge < -0.3 is 15.4 Å². The number of aromatic nitrogens is 1. The molecule has 5 nitrogen and oxygen atoms in total. The zero-order valence-corrected chi connectivity index (χ0v) is 10.3. The van der Waals surface area contributed by atoms with Crippen molar-refractivity contribution in [2.45, 2.75) is 13.0 Å². The van der Waals surface area contributed by atoms with Gasteiger partial charge in [0.25, 0.3) is 0 Å². The van der Waals surface area contributed by atoms with Crippen LogP contribution in [0.3, 0.4) is 0 Å². The van der Waals surface area contributed by atoms with Crippen molar-refractivity contribution >= 4 is 5.91 Å². The minimum atomic E-state index is -0.0301. The Hall–Kier alpha value is -1.46. The van der Waals surface area contributed by atoms with E-state index in [1.807, 2.05) is 19.1 Å². The lowest BCUT2D eigenvalue weighted by molar-refractivity contribution is -0.120. The molecule has 0 saturated heterocycles. The van der Waals surface area contributed by atoms with Gasteiger partial charge in [0.2, 0.25) is 5.91 Å². The first-order valence-corrected chi connectivity index (χ1v) is 5.63. The summed E-state index contributed by atoms with van der Waals surface area (Å²) in [7, 11) is 1.63. The van der Waals surface area contributed by atoms with Crippen molar-refractivity contribution in [1.82, 2.24) is 15.6 Å². The van der Waals surface area contributed by atoms with E-state index in [0.29, 0.717) is 19.7 Å². The van der Waals surface area contributed by atoms with Crippen LogP contribution in [-0.4, -0.2) is 37.7 Å². The molecule has 0 spiro atoms. The molecule has 1 amide bonds. The molecule has 2 N–H and O–H groups in total. The highest BCUT2D eigenvalue weighted by atomic mass is 16.5. The first-order valence-electron chi connectivity index (χ1n) is 5.63. The Morgan fingerprint density at radius 3 is 3.06 bits per heavy atom. The van der Waals surface area contributed by atoms with Gasteiger partial charge in [0.05, 0.1) is 19.2 Å². The molecule has 0 aliphatic rings. The summed E-state index contributed by atoms with van der Waals surface area (Å²) in [5, 5.41) is 5.88. The van der Waals surface area contributed by atoms with E-state index >= 15 is 0 Å². The highest BCUT2D eigenvalue weighted by Crippen LogP contribution is 2.08. The lowest BCUT2D eigenvalue weighted by Gasteiger charge is -2.14. The van der Waals surface area contributed by atoms with E-state index in [1.54, 1.807) is 19.5 Å². The summed E-state index contributed by atoms with van der Waals surface area (Å²) < 4.78 is 4.87. The molecule has 1 aromatic heterocycles. The molecular formula is C12H19N3O2. The normalized spacial score (nSPS) is 12.1. The highest BCUT2D eigenvalue weighted by molar-refractivity contribution is 5.78. The summed E-state index contributed by atoms with van der Waals surface area (Å²) in [5.74, 6) is -0.0301. The van der Waals surface area contributed by atoms with Gasteiger partial charge in [-0.15, -0.1) is 0 Å². The van der Waals surface area contributed by atoms with Crippen molar-refractivity contribution in [2.24, 2.45) is 0 Å².